The Bertz CT molecular complexity index is 1090. The number of amides is 1. The summed E-state index contributed by atoms with van der Waals surface area (Å²) in [4.78, 5) is 12.1. The van der Waals surface area contributed by atoms with Crippen LogP contribution in [0.1, 0.15) is 15.9 Å². The molecule has 29 heavy (non-hydrogen) atoms. The van der Waals surface area contributed by atoms with Gasteiger partial charge < -0.3 is 10.1 Å². The van der Waals surface area contributed by atoms with Crippen LogP contribution in [0.3, 0.4) is 0 Å². The largest absolute Gasteiger partial charge is 0.488 e. The highest BCUT2D eigenvalue weighted by Gasteiger charge is 2.26. The lowest BCUT2D eigenvalue weighted by molar-refractivity contribution is 0.102. The highest BCUT2D eigenvalue weighted by atomic mass is 32.2. The van der Waals surface area contributed by atoms with Gasteiger partial charge in [-0.05, 0) is 42.0 Å². The molecule has 0 aromatic heterocycles. The summed E-state index contributed by atoms with van der Waals surface area (Å²) >= 11 is 0. The summed E-state index contributed by atoms with van der Waals surface area (Å²) in [5.74, 6) is -3.48. The molecule has 3 rings (SSSR count). The summed E-state index contributed by atoms with van der Waals surface area (Å²) in [6.07, 6.45) is 0. The Morgan fingerprint density at radius 1 is 0.897 bits per heavy atom. The number of halogens is 2. The van der Waals surface area contributed by atoms with E-state index in [1.54, 1.807) is 48.5 Å². The van der Waals surface area contributed by atoms with Crippen molar-refractivity contribution in [2.75, 3.05) is 5.32 Å². The van der Waals surface area contributed by atoms with Gasteiger partial charge in [0.2, 0.25) is 9.84 Å². The SMILES string of the molecule is O=C(Nc1ccccc1)c1ccccc1OCc1ccc(S(=O)(=O)C(F)F)cc1. The molecule has 1 N–H and O–H groups in total. The number of para-hydroxylation sites is 2. The van der Waals surface area contributed by atoms with Crippen molar-refractivity contribution >= 4 is 21.4 Å². The molecule has 8 heteroatoms. The van der Waals surface area contributed by atoms with Gasteiger partial charge in [0.15, 0.2) is 0 Å². The third kappa shape index (κ3) is 4.97. The maximum absolute atomic E-state index is 12.6. The molecular formula is C21H17F2NO4S. The molecule has 0 heterocycles. The number of alkyl halides is 2. The molecule has 3 aromatic rings. The van der Waals surface area contributed by atoms with Crippen molar-refractivity contribution in [1.82, 2.24) is 0 Å². The number of anilines is 1. The van der Waals surface area contributed by atoms with Crippen LogP contribution in [-0.2, 0) is 16.4 Å². The molecule has 0 radical (unpaired) electrons. The minimum absolute atomic E-state index is 0.0324. The van der Waals surface area contributed by atoms with E-state index in [4.69, 9.17) is 4.74 Å². The van der Waals surface area contributed by atoms with Crippen molar-refractivity contribution in [3.63, 3.8) is 0 Å². The first-order chi connectivity index (χ1) is 13.9. The molecule has 0 saturated heterocycles. The zero-order valence-corrected chi connectivity index (χ0v) is 15.9. The van der Waals surface area contributed by atoms with Crippen molar-refractivity contribution in [3.8, 4) is 5.75 Å². The van der Waals surface area contributed by atoms with E-state index in [2.05, 4.69) is 5.32 Å². The molecule has 1 amide bonds. The van der Waals surface area contributed by atoms with Crippen LogP contribution in [0.4, 0.5) is 14.5 Å². The van der Waals surface area contributed by atoms with Gasteiger partial charge in [-0.25, -0.2) is 8.42 Å². The Labute approximate surface area is 166 Å². The van der Waals surface area contributed by atoms with Crippen LogP contribution < -0.4 is 10.1 Å². The van der Waals surface area contributed by atoms with Crippen molar-refractivity contribution in [3.05, 3.63) is 90.0 Å². The van der Waals surface area contributed by atoms with Crippen molar-refractivity contribution in [2.45, 2.75) is 17.3 Å². The molecule has 0 fully saturated rings. The minimum atomic E-state index is -4.64. The third-order valence-corrected chi connectivity index (χ3v) is 5.44. The fourth-order valence-corrected chi connectivity index (χ4v) is 3.26. The number of hydrogen-bond acceptors (Lipinski definition) is 4. The van der Waals surface area contributed by atoms with Crippen molar-refractivity contribution < 1.29 is 26.7 Å². The van der Waals surface area contributed by atoms with Gasteiger partial charge in [0, 0.05) is 5.69 Å². The van der Waals surface area contributed by atoms with Crippen LogP contribution in [-0.4, -0.2) is 20.1 Å². The number of hydrogen-bond donors (Lipinski definition) is 1. The van der Waals surface area contributed by atoms with Crippen LogP contribution in [0.25, 0.3) is 0 Å². The number of carbonyl (C=O) groups is 1. The van der Waals surface area contributed by atoms with Gasteiger partial charge in [-0.2, -0.15) is 8.78 Å². The Kier molecular flexibility index (Phi) is 6.23. The van der Waals surface area contributed by atoms with Crippen LogP contribution in [0.5, 0.6) is 5.75 Å². The molecule has 5 nitrogen and oxygen atoms in total. The van der Waals surface area contributed by atoms with E-state index in [-0.39, 0.29) is 12.5 Å². The zero-order chi connectivity index (χ0) is 20.9. The van der Waals surface area contributed by atoms with Crippen LogP contribution in [0.15, 0.2) is 83.8 Å². The molecule has 0 atom stereocenters. The van der Waals surface area contributed by atoms with Crippen LogP contribution in [0.2, 0.25) is 0 Å². The van der Waals surface area contributed by atoms with Crippen molar-refractivity contribution in [1.29, 1.82) is 0 Å². The molecule has 0 saturated carbocycles. The lowest BCUT2D eigenvalue weighted by Crippen LogP contribution is -2.13. The van der Waals surface area contributed by atoms with E-state index in [9.17, 15) is 22.0 Å². The standard InChI is InChI=1S/C21H17F2NO4S/c22-21(23)29(26,27)17-12-10-15(11-13-17)14-28-19-9-5-4-8-18(19)20(25)24-16-6-2-1-3-7-16/h1-13,21H,14H2,(H,24,25). The van der Waals surface area contributed by atoms with E-state index < -0.39 is 20.5 Å². The predicted molar refractivity (Wildman–Crippen MR) is 105 cm³/mol. The fraction of sp³-hybridized carbons (Fsp3) is 0.0952. The topological polar surface area (TPSA) is 72.5 Å². The van der Waals surface area contributed by atoms with Gasteiger partial charge >= 0.3 is 5.76 Å². The number of benzene rings is 3. The Hall–Kier alpha value is -3.26. The number of carbonyl (C=O) groups excluding carboxylic acids is 1. The molecule has 0 bridgehead atoms. The third-order valence-electron chi connectivity index (χ3n) is 4.04. The lowest BCUT2D eigenvalue weighted by atomic mass is 10.1. The molecule has 0 aliphatic carbocycles. The molecule has 3 aromatic carbocycles. The first-order valence-electron chi connectivity index (χ1n) is 8.57. The van der Waals surface area contributed by atoms with Crippen LogP contribution in [0, 0.1) is 0 Å². The maximum Gasteiger partial charge on any atom is 0.341 e. The number of sulfone groups is 1. The summed E-state index contributed by atoms with van der Waals surface area (Å²) < 4.78 is 53.8. The predicted octanol–water partition coefficient (Wildman–Crippen LogP) is 4.51. The Morgan fingerprint density at radius 2 is 1.52 bits per heavy atom. The quantitative estimate of drug-likeness (QED) is 0.614. The molecule has 0 aliphatic heterocycles. The molecule has 0 unspecified atom stereocenters. The van der Waals surface area contributed by atoms with E-state index in [0.717, 1.165) is 12.1 Å². The molecule has 150 valence electrons. The van der Waals surface area contributed by atoms with Gasteiger partial charge in [-0.3, -0.25) is 4.79 Å². The summed E-state index contributed by atoms with van der Waals surface area (Å²) in [6, 6.07) is 20.6. The summed E-state index contributed by atoms with van der Waals surface area (Å²) in [7, 11) is -4.64. The summed E-state index contributed by atoms with van der Waals surface area (Å²) in [5.41, 5.74) is 1.54. The van der Waals surface area contributed by atoms with E-state index in [1.165, 1.54) is 12.1 Å². The van der Waals surface area contributed by atoms with E-state index >= 15 is 0 Å². The molecule has 0 aliphatic rings. The van der Waals surface area contributed by atoms with Crippen molar-refractivity contribution in [2.24, 2.45) is 0 Å². The van der Waals surface area contributed by atoms with Crippen LogP contribution >= 0.6 is 0 Å². The summed E-state index contributed by atoms with van der Waals surface area (Å²) in [5, 5.41) is 2.77. The fourth-order valence-electron chi connectivity index (χ4n) is 2.54. The number of rotatable bonds is 7. The smallest absolute Gasteiger partial charge is 0.341 e. The normalized spacial score (nSPS) is 11.3. The Morgan fingerprint density at radius 3 is 2.17 bits per heavy atom. The highest BCUT2D eigenvalue weighted by Crippen LogP contribution is 2.22. The molecular weight excluding hydrogens is 400 g/mol. The average molecular weight is 417 g/mol. The highest BCUT2D eigenvalue weighted by molar-refractivity contribution is 7.91. The Balaban J connectivity index is 1.71. The zero-order valence-electron chi connectivity index (χ0n) is 15.1. The summed E-state index contributed by atoms with van der Waals surface area (Å²) in [6.45, 7) is 0.0324. The van der Waals surface area contributed by atoms with Gasteiger partial charge in [0.25, 0.3) is 5.91 Å². The second-order valence-corrected chi connectivity index (χ2v) is 7.97. The van der Waals surface area contributed by atoms with Gasteiger partial charge in [-0.1, -0.05) is 42.5 Å². The minimum Gasteiger partial charge on any atom is -0.488 e. The van der Waals surface area contributed by atoms with E-state index in [0.29, 0.717) is 22.6 Å². The lowest BCUT2D eigenvalue weighted by Gasteiger charge is -2.12. The van der Waals surface area contributed by atoms with Gasteiger partial charge in [0.1, 0.15) is 12.4 Å². The number of nitrogens with one attached hydrogen (secondary N) is 1. The van der Waals surface area contributed by atoms with Gasteiger partial charge in [-0.15, -0.1) is 0 Å². The van der Waals surface area contributed by atoms with Gasteiger partial charge in [0.05, 0.1) is 10.5 Å². The molecule has 0 spiro atoms. The first-order valence-corrected chi connectivity index (χ1v) is 10.1. The first kappa shape index (κ1) is 20.5. The van der Waals surface area contributed by atoms with E-state index in [1.807, 2.05) is 6.07 Å². The average Bonchev–Trinajstić information content (AvgIpc) is 2.73. The monoisotopic (exact) mass is 417 g/mol. The maximum atomic E-state index is 12.6. The second-order valence-electron chi connectivity index (χ2n) is 6.05. The second kappa shape index (κ2) is 8.83. The number of ether oxygens (including phenoxy) is 1.